The molecule has 0 saturated carbocycles. The van der Waals surface area contributed by atoms with Crippen LogP contribution in [0.5, 0.6) is 11.5 Å². The lowest BCUT2D eigenvalue weighted by molar-refractivity contribution is -0.386. The van der Waals surface area contributed by atoms with Gasteiger partial charge in [-0.05, 0) is 18.2 Å². The van der Waals surface area contributed by atoms with Crippen molar-refractivity contribution in [2.45, 2.75) is 0 Å². The summed E-state index contributed by atoms with van der Waals surface area (Å²) in [6.45, 7) is 0. The number of hydrogen-bond donors (Lipinski definition) is 0. The van der Waals surface area contributed by atoms with E-state index in [0.29, 0.717) is 4.47 Å². The highest BCUT2D eigenvalue weighted by molar-refractivity contribution is 9.10. The Hall–Kier alpha value is -2.48. The van der Waals surface area contributed by atoms with Gasteiger partial charge < -0.3 is 4.74 Å². The fourth-order valence-electron chi connectivity index (χ4n) is 1.51. The normalized spacial score (nSPS) is 10.1. The predicted octanol–water partition coefficient (Wildman–Crippen LogP) is 4.06. The molecule has 0 aliphatic rings. The Morgan fingerprint density at radius 3 is 2.40 bits per heavy atom. The number of nitro groups is 2. The van der Waals surface area contributed by atoms with Crippen LogP contribution in [0.3, 0.4) is 0 Å². The lowest BCUT2D eigenvalue weighted by Gasteiger charge is -2.06. The zero-order chi connectivity index (χ0) is 14.7. The Kier molecular flexibility index (Phi) is 3.94. The largest absolute Gasteiger partial charge is 0.450 e. The number of halogens is 1. The van der Waals surface area contributed by atoms with Gasteiger partial charge in [0.1, 0.15) is 5.75 Å². The van der Waals surface area contributed by atoms with Crippen molar-refractivity contribution >= 4 is 27.3 Å². The van der Waals surface area contributed by atoms with E-state index in [9.17, 15) is 20.2 Å². The zero-order valence-corrected chi connectivity index (χ0v) is 11.4. The van der Waals surface area contributed by atoms with E-state index < -0.39 is 9.85 Å². The van der Waals surface area contributed by atoms with Crippen molar-refractivity contribution in [3.8, 4) is 11.5 Å². The molecule has 102 valence electrons. The number of hydrogen-bond acceptors (Lipinski definition) is 5. The van der Waals surface area contributed by atoms with Crippen LogP contribution in [0.4, 0.5) is 11.4 Å². The molecule has 0 radical (unpaired) electrons. The molecular formula is C12H7BrN2O5. The fraction of sp³-hybridized carbons (Fsp3) is 0. The molecule has 2 aromatic rings. The first-order valence-corrected chi connectivity index (χ1v) is 6.13. The van der Waals surface area contributed by atoms with Gasteiger partial charge in [-0.3, -0.25) is 20.2 Å². The lowest BCUT2D eigenvalue weighted by atomic mass is 10.3. The van der Waals surface area contributed by atoms with Crippen LogP contribution in [-0.4, -0.2) is 9.85 Å². The first-order valence-electron chi connectivity index (χ1n) is 5.33. The molecular weight excluding hydrogens is 332 g/mol. The van der Waals surface area contributed by atoms with Crippen molar-refractivity contribution in [2.24, 2.45) is 0 Å². The monoisotopic (exact) mass is 338 g/mol. The first-order chi connectivity index (χ1) is 9.47. The summed E-state index contributed by atoms with van der Waals surface area (Å²) in [5, 5.41) is 21.6. The van der Waals surface area contributed by atoms with Crippen LogP contribution < -0.4 is 4.74 Å². The quantitative estimate of drug-likeness (QED) is 0.618. The van der Waals surface area contributed by atoms with Crippen LogP contribution in [-0.2, 0) is 0 Å². The smallest absolute Gasteiger partial charge is 0.312 e. The first kappa shape index (κ1) is 13.9. The van der Waals surface area contributed by atoms with Gasteiger partial charge in [0, 0.05) is 16.6 Å². The van der Waals surface area contributed by atoms with Crippen molar-refractivity contribution in [2.75, 3.05) is 0 Å². The molecule has 0 fully saturated rings. The van der Waals surface area contributed by atoms with E-state index in [1.807, 2.05) is 0 Å². The second-order valence-corrected chi connectivity index (χ2v) is 4.64. The molecule has 2 rings (SSSR count). The lowest BCUT2D eigenvalue weighted by Crippen LogP contribution is -1.94. The van der Waals surface area contributed by atoms with E-state index in [1.165, 1.54) is 36.4 Å². The van der Waals surface area contributed by atoms with Gasteiger partial charge in [0.15, 0.2) is 0 Å². The number of rotatable bonds is 4. The second-order valence-electron chi connectivity index (χ2n) is 3.73. The Labute approximate surface area is 121 Å². The maximum Gasteiger partial charge on any atom is 0.312 e. The zero-order valence-electron chi connectivity index (χ0n) is 9.86. The van der Waals surface area contributed by atoms with Crippen LogP contribution in [0.1, 0.15) is 0 Å². The molecule has 2 aromatic carbocycles. The third kappa shape index (κ3) is 3.09. The molecule has 0 aliphatic carbocycles. The standard InChI is InChI=1S/C12H7BrN2O5/c13-8-4-5-12(11(6-8)15(18)19)20-10-3-1-2-9(7-10)14(16)17/h1-7H. The van der Waals surface area contributed by atoms with Crippen LogP contribution in [0.25, 0.3) is 0 Å². The average molecular weight is 339 g/mol. The summed E-state index contributed by atoms with van der Waals surface area (Å²) in [7, 11) is 0. The molecule has 0 saturated heterocycles. The maximum atomic E-state index is 10.9. The van der Waals surface area contributed by atoms with Crippen molar-refractivity contribution in [3.05, 3.63) is 67.2 Å². The molecule has 0 bridgehead atoms. The van der Waals surface area contributed by atoms with Crippen LogP contribution in [0.2, 0.25) is 0 Å². The van der Waals surface area contributed by atoms with Crippen molar-refractivity contribution in [1.29, 1.82) is 0 Å². The average Bonchev–Trinajstić information content (AvgIpc) is 2.41. The molecule has 0 atom stereocenters. The minimum atomic E-state index is -0.586. The van der Waals surface area contributed by atoms with Gasteiger partial charge in [-0.15, -0.1) is 0 Å². The Morgan fingerprint density at radius 2 is 1.75 bits per heavy atom. The molecule has 0 amide bonds. The van der Waals surface area contributed by atoms with Gasteiger partial charge in [-0.2, -0.15) is 0 Å². The molecule has 0 aromatic heterocycles. The highest BCUT2D eigenvalue weighted by atomic mass is 79.9. The summed E-state index contributed by atoms with van der Waals surface area (Å²) in [5.41, 5.74) is -0.381. The van der Waals surface area contributed by atoms with Crippen molar-refractivity contribution < 1.29 is 14.6 Å². The molecule has 0 unspecified atom stereocenters. The van der Waals surface area contributed by atoms with Gasteiger partial charge in [-0.25, -0.2) is 0 Å². The molecule has 0 aliphatic heterocycles. The molecule has 0 spiro atoms. The van der Waals surface area contributed by atoms with E-state index in [2.05, 4.69) is 15.9 Å². The van der Waals surface area contributed by atoms with Crippen LogP contribution in [0.15, 0.2) is 46.9 Å². The SMILES string of the molecule is O=[N+]([O-])c1cccc(Oc2ccc(Br)cc2[N+](=O)[O-])c1. The van der Waals surface area contributed by atoms with Gasteiger partial charge in [0.05, 0.1) is 15.9 Å². The van der Waals surface area contributed by atoms with E-state index in [4.69, 9.17) is 4.74 Å². The fourth-order valence-corrected chi connectivity index (χ4v) is 1.86. The Balaban J connectivity index is 2.37. The minimum absolute atomic E-state index is 0.0127. The number of benzene rings is 2. The molecule has 7 nitrogen and oxygen atoms in total. The summed E-state index contributed by atoms with van der Waals surface area (Å²) < 4.78 is 5.89. The number of non-ortho nitro benzene ring substituents is 1. The molecule has 8 heteroatoms. The summed E-state index contributed by atoms with van der Waals surface area (Å²) >= 11 is 3.13. The van der Waals surface area contributed by atoms with E-state index in [0.717, 1.165) is 0 Å². The topological polar surface area (TPSA) is 95.5 Å². The third-order valence-electron chi connectivity index (χ3n) is 2.37. The van der Waals surface area contributed by atoms with Crippen molar-refractivity contribution in [1.82, 2.24) is 0 Å². The second kappa shape index (κ2) is 5.66. The Morgan fingerprint density at radius 1 is 1.00 bits per heavy atom. The summed E-state index contributed by atoms with van der Waals surface area (Å²) in [6, 6.07) is 9.74. The van der Waals surface area contributed by atoms with E-state index in [1.54, 1.807) is 6.07 Å². The van der Waals surface area contributed by atoms with Crippen LogP contribution in [0, 0.1) is 20.2 Å². The van der Waals surface area contributed by atoms with Gasteiger partial charge >= 0.3 is 5.69 Å². The van der Waals surface area contributed by atoms with Crippen LogP contribution >= 0.6 is 15.9 Å². The maximum absolute atomic E-state index is 10.9. The Bertz CT molecular complexity index is 689. The van der Waals surface area contributed by atoms with Gasteiger partial charge in [0.2, 0.25) is 5.75 Å². The predicted molar refractivity (Wildman–Crippen MR) is 74.0 cm³/mol. The van der Waals surface area contributed by atoms with Gasteiger partial charge in [-0.1, -0.05) is 22.0 Å². The summed E-state index contributed by atoms with van der Waals surface area (Å²) in [6.07, 6.45) is 0. The third-order valence-corrected chi connectivity index (χ3v) is 2.87. The number of nitro benzene ring substituents is 2. The van der Waals surface area contributed by atoms with E-state index in [-0.39, 0.29) is 22.9 Å². The number of ether oxygens (including phenoxy) is 1. The van der Waals surface area contributed by atoms with E-state index >= 15 is 0 Å². The molecule has 0 N–H and O–H groups in total. The molecule has 0 heterocycles. The summed E-state index contributed by atoms with van der Waals surface area (Å²) in [5.74, 6) is 0.170. The van der Waals surface area contributed by atoms with Gasteiger partial charge in [0.25, 0.3) is 5.69 Å². The highest BCUT2D eigenvalue weighted by Crippen LogP contribution is 2.34. The molecule has 20 heavy (non-hydrogen) atoms. The van der Waals surface area contributed by atoms with Crippen molar-refractivity contribution in [3.63, 3.8) is 0 Å². The summed E-state index contributed by atoms with van der Waals surface area (Å²) in [4.78, 5) is 20.4. The number of nitrogens with zero attached hydrogens (tertiary/aromatic N) is 2. The minimum Gasteiger partial charge on any atom is -0.450 e. The highest BCUT2D eigenvalue weighted by Gasteiger charge is 2.17.